The lowest BCUT2D eigenvalue weighted by Crippen LogP contribution is -2.22. The monoisotopic (exact) mass is 413 g/mol. The maximum Gasteiger partial charge on any atom is 0.164 e. The van der Waals surface area contributed by atoms with Gasteiger partial charge in [-0.05, 0) is 35.9 Å². The maximum absolute atomic E-state index is 5.36. The van der Waals surface area contributed by atoms with E-state index in [1.54, 1.807) is 7.11 Å². The molecule has 0 atom stereocenters. The minimum Gasteiger partial charge on any atom is -0.497 e. The molecule has 2 aromatic heterocycles. The van der Waals surface area contributed by atoms with Crippen LogP contribution < -0.4 is 4.74 Å². The van der Waals surface area contributed by atoms with Gasteiger partial charge in [-0.15, -0.1) is 0 Å². The molecule has 0 radical (unpaired) electrons. The van der Waals surface area contributed by atoms with Gasteiger partial charge in [-0.25, -0.2) is 9.50 Å². The molecule has 2 heterocycles. The first-order chi connectivity index (χ1) is 14.6. The highest BCUT2D eigenvalue weighted by Crippen LogP contribution is 2.38. The molecule has 0 aliphatic carbocycles. The third-order valence-corrected chi connectivity index (χ3v) is 5.55. The average molecular weight is 414 g/mol. The molecule has 0 unspecified atom stereocenters. The molecule has 4 nitrogen and oxygen atoms in total. The van der Waals surface area contributed by atoms with Gasteiger partial charge in [0.15, 0.2) is 5.65 Å². The van der Waals surface area contributed by atoms with E-state index < -0.39 is 0 Å². The highest BCUT2D eigenvalue weighted by atomic mass is 16.5. The Hall–Kier alpha value is -3.14. The van der Waals surface area contributed by atoms with Gasteiger partial charge in [-0.2, -0.15) is 5.10 Å². The van der Waals surface area contributed by atoms with E-state index in [4.69, 9.17) is 14.8 Å². The van der Waals surface area contributed by atoms with Crippen molar-refractivity contribution in [1.29, 1.82) is 0 Å². The lowest BCUT2D eigenvalue weighted by Gasteiger charge is -2.25. The summed E-state index contributed by atoms with van der Waals surface area (Å²) in [5.74, 6) is 0.831. The fourth-order valence-corrected chi connectivity index (χ4v) is 3.76. The molecular formula is C27H31N3O. The van der Waals surface area contributed by atoms with Crippen molar-refractivity contribution in [3.05, 3.63) is 72.1 Å². The van der Waals surface area contributed by atoms with Crippen LogP contribution in [0.4, 0.5) is 0 Å². The standard InChI is InChI=1S/C27H31N3O/c1-26(2,3)21-17-22(27(4,5)6)30-25(28-21)23(18-11-9-8-10-12-18)24(29-30)19-13-15-20(31-7)16-14-19/h8-17H,1-7H3. The minimum atomic E-state index is -0.0850. The Morgan fingerprint density at radius 2 is 1.42 bits per heavy atom. The molecule has 4 rings (SSSR count). The summed E-state index contributed by atoms with van der Waals surface area (Å²) in [6, 6.07) is 20.7. The number of ether oxygens (including phenoxy) is 1. The molecule has 0 amide bonds. The van der Waals surface area contributed by atoms with Gasteiger partial charge in [0.05, 0.1) is 24.1 Å². The summed E-state index contributed by atoms with van der Waals surface area (Å²) in [7, 11) is 1.68. The van der Waals surface area contributed by atoms with Gasteiger partial charge in [0.1, 0.15) is 11.4 Å². The summed E-state index contributed by atoms with van der Waals surface area (Å²) in [6.45, 7) is 13.3. The van der Waals surface area contributed by atoms with Crippen molar-refractivity contribution in [3.8, 4) is 28.1 Å². The quantitative estimate of drug-likeness (QED) is 0.377. The summed E-state index contributed by atoms with van der Waals surface area (Å²) in [5.41, 5.74) is 7.11. The molecule has 0 bridgehead atoms. The van der Waals surface area contributed by atoms with Crippen molar-refractivity contribution in [2.75, 3.05) is 7.11 Å². The third kappa shape index (κ3) is 3.95. The van der Waals surface area contributed by atoms with E-state index in [0.717, 1.165) is 45.2 Å². The molecule has 0 aliphatic heterocycles. The summed E-state index contributed by atoms with van der Waals surface area (Å²) in [4.78, 5) is 5.15. The van der Waals surface area contributed by atoms with Crippen LogP contribution in [0, 0.1) is 0 Å². The third-order valence-electron chi connectivity index (χ3n) is 5.55. The Kier molecular flexibility index (Phi) is 5.12. The molecular weight excluding hydrogens is 382 g/mol. The van der Waals surface area contributed by atoms with Crippen LogP contribution in [0.1, 0.15) is 52.9 Å². The van der Waals surface area contributed by atoms with Crippen LogP contribution >= 0.6 is 0 Å². The normalized spacial score (nSPS) is 12.4. The second kappa shape index (κ2) is 7.52. The number of benzene rings is 2. The van der Waals surface area contributed by atoms with Gasteiger partial charge in [-0.1, -0.05) is 71.9 Å². The van der Waals surface area contributed by atoms with Crippen LogP contribution in [0.5, 0.6) is 5.75 Å². The first-order valence-electron chi connectivity index (χ1n) is 10.7. The minimum absolute atomic E-state index is 0.0692. The number of rotatable bonds is 3. The average Bonchev–Trinajstić information content (AvgIpc) is 3.11. The molecule has 4 aromatic rings. The molecule has 2 aromatic carbocycles. The van der Waals surface area contributed by atoms with Gasteiger partial charge < -0.3 is 4.74 Å². The van der Waals surface area contributed by atoms with Gasteiger partial charge in [0.2, 0.25) is 0 Å². The Morgan fingerprint density at radius 3 is 1.97 bits per heavy atom. The SMILES string of the molecule is COc1ccc(-c2nn3c(C(C)(C)C)cc(C(C)(C)C)nc3c2-c2ccccc2)cc1. The number of hydrogen-bond donors (Lipinski definition) is 0. The second-order valence-electron chi connectivity index (χ2n) is 10.1. The number of aromatic nitrogens is 3. The van der Waals surface area contributed by atoms with E-state index in [1.165, 1.54) is 0 Å². The molecule has 0 fully saturated rings. The van der Waals surface area contributed by atoms with E-state index in [2.05, 4.69) is 84.0 Å². The number of methoxy groups -OCH3 is 1. The van der Waals surface area contributed by atoms with Crippen LogP contribution in [-0.2, 0) is 10.8 Å². The first-order valence-corrected chi connectivity index (χ1v) is 10.7. The number of hydrogen-bond acceptors (Lipinski definition) is 3. The van der Waals surface area contributed by atoms with Crippen LogP contribution in [-0.4, -0.2) is 21.7 Å². The lowest BCUT2D eigenvalue weighted by molar-refractivity contribution is 0.415. The van der Waals surface area contributed by atoms with Crippen molar-refractivity contribution >= 4 is 5.65 Å². The molecule has 4 heteroatoms. The predicted octanol–water partition coefficient (Wildman–Crippen LogP) is 6.67. The zero-order valence-electron chi connectivity index (χ0n) is 19.5. The van der Waals surface area contributed by atoms with Crippen molar-refractivity contribution in [2.45, 2.75) is 52.4 Å². The van der Waals surface area contributed by atoms with Crippen molar-refractivity contribution in [3.63, 3.8) is 0 Å². The predicted molar refractivity (Wildman–Crippen MR) is 128 cm³/mol. The van der Waals surface area contributed by atoms with E-state index in [1.807, 2.05) is 22.7 Å². The Labute approximate surface area is 184 Å². The van der Waals surface area contributed by atoms with Crippen LogP contribution in [0.2, 0.25) is 0 Å². The Balaban J connectivity index is 2.12. The second-order valence-corrected chi connectivity index (χ2v) is 10.1. The van der Waals surface area contributed by atoms with E-state index in [9.17, 15) is 0 Å². The van der Waals surface area contributed by atoms with E-state index >= 15 is 0 Å². The summed E-state index contributed by atoms with van der Waals surface area (Å²) in [5, 5.41) is 5.12. The molecule has 160 valence electrons. The smallest absolute Gasteiger partial charge is 0.164 e. The zero-order valence-corrected chi connectivity index (χ0v) is 19.5. The van der Waals surface area contributed by atoms with Crippen LogP contribution in [0.3, 0.4) is 0 Å². The van der Waals surface area contributed by atoms with Crippen molar-refractivity contribution < 1.29 is 4.74 Å². The molecule has 0 aliphatic rings. The summed E-state index contributed by atoms with van der Waals surface area (Å²) < 4.78 is 7.40. The highest BCUT2D eigenvalue weighted by molar-refractivity contribution is 5.90. The van der Waals surface area contributed by atoms with Crippen molar-refractivity contribution in [1.82, 2.24) is 14.6 Å². The topological polar surface area (TPSA) is 39.4 Å². The molecule has 0 spiro atoms. The molecule has 0 saturated heterocycles. The largest absolute Gasteiger partial charge is 0.497 e. The fraction of sp³-hybridized carbons (Fsp3) is 0.333. The summed E-state index contributed by atoms with van der Waals surface area (Å²) in [6.07, 6.45) is 0. The van der Waals surface area contributed by atoms with Crippen LogP contribution in [0.15, 0.2) is 60.7 Å². The first kappa shape index (κ1) is 21.1. The molecule has 31 heavy (non-hydrogen) atoms. The maximum atomic E-state index is 5.36. The van der Waals surface area contributed by atoms with Crippen molar-refractivity contribution in [2.24, 2.45) is 0 Å². The summed E-state index contributed by atoms with van der Waals surface area (Å²) >= 11 is 0. The van der Waals surface area contributed by atoms with Crippen LogP contribution in [0.25, 0.3) is 28.0 Å². The lowest BCUT2D eigenvalue weighted by atomic mass is 9.86. The van der Waals surface area contributed by atoms with Gasteiger partial charge in [-0.3, -0.25) is 0 Å². The number of nitrogens with zero attached hydrogens (tertiary/aromatic N) is 3. The van der Waals surface area contributed by atoms with Gasteiger partial charge >= 0.3 is 0 Å². The van der Waals surface area contributed by atoms with Gasteiger partial charge in [0, 0.05) is 16.4 Å². The molecule has 0 saturated carbocycles. The van der Waals surface area contributed by atoms with E-state index in [-0.39, 0.29) is 10.8 Å². The van der Waals surface area contributed by atoms with Gasteiger partial charge in [0.25, 0.3) is 0 Å². The molecule has 0 N–H and O–H groups in total. The highest BCUT2D eigenvalue weighted by Gasteiger charge is 2.28. The fourth-order valence-electron chi connectivity index (χ4n) is 3.76. The Bertz CT molecular complexity index is 1210. The Morgan fingerprint density at radius 1 is 0.774 bits per heavy atom. The van der Waals surface area contributed by atoms with E-state index in [0.29, 0.717) is 0 Å². The number of fused-ring (bicyclic) bond motifs is 1. The zero-order chi connectivity index (χ0) is 22.4.